The zero-order valence-corrected chi connectivity index (χ0v) is 11.4. The van der Waals surface area contributed by atoms with E-state index in [4.69, 9.17) is 4.74 Å². The summed E-state index contributed by atoms with van der Waals surface area (Å²) in [7, 11) is 0. The molecule has 3 heteroatoms. The highest BCUT2D eigenvalue weighted by molar-refractivity contribution is 5.86. The highest BCUT2D eigenvalue weighted by atomic mass is 16.5. The zero-order valence-electron chi connectivity index (χ0n) is 11.4. The van der Waals surface area contributed by atoms with Crippen molar-refractivity contribution in [1.29, 1.82) is 0 Å². The smallest absolute Gasteiger partial charge is 0.0738 e. The predicted molar refractivity (Wildman–Crippen MR) is 78.6 cm³/mol. The van der Waals surface area contributed by atoms with Crippen molar-refractivity contribution in [3.05, 3.63) is 42.4 Å². The standard InChI is InChI=1S/C16H19N2O/c1-3-13-10-15(18-6-8-19-9-7-18)11-14-5-4-12(2)17-16(13)14/h4-5,10-11H,1,3,6-9H2,2H3. The number of aromatic nitrogens is 1. The average molecular weight is 255 g/mol. The van der Waals surface area contributed by atoms with Crippen LogP contribution in [0.5, 0.6) is 0 Å². The normalized spacial score (nSPS) is 16.0. The number of aryl methyl sites for hydroxylation is 1. The molecule has 0 N–H and O–H groups in total. The summed E-state index contributed by atoms with van der Waals surface area (Å²) in [6.07, 6.45) is 0.769. The second-order valence-corrected chi connectivity index (χ2v) is 4.98. The fourth-order valence-corrected chi connectivity index (χ4v) is 2.58. The number of ether oxygens (including phenoxy) is 1. The van der Waals surface area contributed by atoms with E-state index in [-0.39, 0.29) is 0 Å². The van der Waals surface area contributed by atoms with Crippen LogP contribution >= 0.6 is 0 Å². The molecule has 1 radical (unpaired) electrons. The van der Waals surface area contributed by atoms with Gasteiger partial charge in [0.05, 0.1) is 18.7 Å². The molecule has 3 rings (SSSR count). The molecule has 2 aromatic rings. The molecule has 0 amide bonds. The molecule has 0 bridgehead atoms. The molecule has 1 aliphatic rings. The van der Waals surface area contributed by atoms with Crippen LogP contribution in [0.15, 0.2) is 24.3 Å². The molecule has 1 aromatic carbocycles. The molecule has 19 heavy (non-hydrogen) atoms. The fraction of sp³-hybridized carbons (Fsp3) is 0.375. The van der Waals surface area contributed by atoms with Crippen LogP contribution in [0.4, 0.5) is 5.69 Å². The monoisotopic (exact) mass is 255 g/mol. The Balaban J connectivity index is 2.08. The highest BCUT2D eigenvalue weighted by Crippen LogP contribution is 2.26. The molecule has 0 saturated carbocycles. The maximum absolute atomic E-state index is 5.41. The minimum absolute atomic E-state index is 0.769. The van der Waals surface area contributed by atoms with Crippen LogP contribution < -0.4 is 4.90 Å². The van der Waals surface area contributed by atoms with Gasteiger partial charge in [0, 0.05) is 29.9 Å². The predicted octanol–water partition coefficient (Wildman–Crippen LogP) is 2.76. The first-order valence-electron chi connectivity index (χ1n) is 6.80. The Hall–Kier alpha value is -1.61. The van der Waals surface area contributed by atoms with Gasteiger partial charge in [-0.15, -0.1) is 0 Å². The van der Waals surface area contributed by atoms with Gasteiger partial charge in [-0.25, -0.2) is 0 Å². The molecule has 99 valence electrons. The number of morpholine rings is 1. The summed E-state index contributed by atoms with van der Waals surface area (Å²) in [5.74, 6) is 0. The molecule has 0 atom stereocenters. The van der Waals surface area contributed by atoms with Crippen molar-refractivity contribution in [3.63, 3.8) is 0 Å². The number of nitrogens with zero attached hydrogens (tertiary/aromatic N) is 2. The lowest BCUT2D eigenvalue weighted by Gasteiger charge is -2.29. The quantitative estimate of drug-likeness (QED) is 0.825. The Labute approximate surface area is 114 Å². The average Bonchev–Trinajstić information content (AvgIpc) is 2.47. The number of fused-ring (bicyclic) bond motifs is 1. The van der Waals surface area contributed by atoms with Gasteiger partial charge in [-0.2, -0.15) is 0 Å². The van der Waals surface area contributed by atoms with Crippen molar-refractivity contribution >= 4 is 16.6 Å². The molecular weight excluding hydrogens is 236 g/mol. The molecule has 0 aliphatic carbocycles. The summed E-state index contributed by atoms with van der Waals surface area (Å²) in [5, 5.41) is 1.20. The number of pyridine rings is 1. The van der Waals surface area contributed by atoms with Crippen molar-refractivity contribution in [1.82, 2.24) is 4.98 Å². The van der Waals surface area contributed by atoms with Crippen molar-refractivity contribution in [2.75, 3.05) is 31.2 Å². The lowest BCUT2D eigenvalue weighted by atomic mass is 10.0. The number of hydrogen-bond acceptors (Lipinski definition) is 3. The molecule has 0 spiro atoms. The van der Waals surface area contributed by atoms with E-state index in [0.717, 1.165) is 43.9 Å². The van der Waals surface area contributed by atoms with E-state index in [9.17, 15) is 0 Å². The lowest BCUT2D eigenvalue weighted by Crippen LogP contribution is -2.36. The van der Waals surface area contributed by atoms with Crippen molar-refractivity contribution < 1.29 is 4.74 Å². The van der Waals surface area contributed by atoms with E-state index in [0.29, 0.717) is 0 Å². The van der Waals surface area contributed by atoms with Crippen LogP contribution in [0.2, 0.25) is 0 Å². The van der Waals surface area contributed by atoms with Gasteiger partial charge < -0.3 is 9.64 Å². The molecule has 1 aromatic heterocycles. The van der Waals surface area contributed by atoms with Crippen molar-refractivity contribution in [2.24, 2.45) is 0 Å². The maximum Gasteiger partial charge on any atom is 0.0738 e. The number of anilines is 1. The summed E-state index contributed by atoms with van der Waals surface area (Å²) < 4.78 is 5.41. The second kappa shape index (κ2) is 5.17. The minimum atomic E-state index is 0.769. The molecule has 1 aliphatic heterocycles. The van der Waals surface area contributed by atoms with Gasteiger partial charge in [-0.05, 0) is 44.0 Å². The number of benzene rings is 1. The van der Waals surface area contributed by atoms with Crippen molar-refractivity contribution in [2.45, 2.75) is 13.3 Å². The molecule has 3 nitrogen and oxygen atoms in total. The van der Waals surface area contributed by atoms with Gasteiger partial charge in [0.1, 0.15) is 0 Å². The molecular formula is C16H19N2O. The minimum Gasteiger partial charge on any atom is -0.378 e. The summed E-state index contributed by atoms with van der Waals surface area (Å²) in [5.41, 5.74) is 4.64. The van der Waals surface area contributed by atoms with Gasteiger partial charge in [-0.1, -0.05) is 6.07 Å². The van der Waals surface area contributed by atoms with Crippen LogP contribution in [-0.4, -0.2) is 31.3 Å². The third-order valence-corrected chi connectivity index (χ3v) is 3.64. The van der Waals surface area contributed by atoms with Crippen LogP contribution in [0, 0.1) is 13.8 Å². The largest absolute Gasteiger partial charge is 0.378 e. The first kappa shape index (κ1) is 12.4. The summed E-state index contributed by atoms with van der Waals surface area (Å²) in [6.45, 7) is 9.61. The van der Waals surface area contributed by atoms with Gasteiger partial charge >= 0.3 is 0 Å². The third kappa shape index (κ3) is 2.43. The Morgan fingerprint density at radius 1 is 1.26 bits per heavy atom. The number of rotatable bonds is 2. The van der Waals surface area contributed by atoms with E-state index in [2.05, 4.69) is 41.1 Å². The fourth-order valence-electron chi connectivity index (χ4n) is 2.58. The maximum atomic E-state index is 5.41. The molecule has 1 fully saturated rings. The lowest BCUT2D eigenvalue weighted by molar-refractivity contribution is 0.122. The number of hydrogen-bond donors (Lipinski definition) is 0. The van der Waals surface area contributed by atoms with Crippen LogP contribution in [-0.2, 0) is 11.2 Å². The molecule has 0 unspecified atom stereocenters. The van der Waals surface area contributed by atoms with Gasteiger partial charge in [0.15, 0.2) is 0 Å². The van der Waals surface area contributed by atoms with Gasteiger partial charge in [0.25, 0.3) is 0 Å². The van der Waals surface area contributed by atoms with Gasteiger partial charge in [-0.3, -0.25) is 4.98 Å². The van der Waals surface area contributed by atoms with E-state index in [1.165, 1.54) is 16.6 Å². The second-order valence-electron chi connectivity index (χ2n) is 4.98. The first-order valence-corrected chi connectivity index (χ1v) is 6.80. The van der Waals surface area contributed by atoms with E-state index in [1.807, 2.05) is 6.92 Å². The Morgan fingerprint density at radius 3 is 2.79 bits per heavy atom. The van der Waals surface area contributed by atoms with Crippen molar-refractivity contribution in [3.8, 4) is 0 Å². The van der Waals surface area contributed by atoms with E-state index < -0.39 is 0 Å². The molecule has 1 saturated heterocycles. The van der Waals surface area contributed by atoms with Crippen LogP contribution in [0.25, 0.3) is 10.9 Å². The Morgan fingerprint density at radius 2 is 2.05 bits per heavy atom. The topological polar surface area (TPSA) is 25.4 Å². The summed E-state index contributed by atoms with van der Waals surface area (Å²) >= 11 is 0. The van der Waals surface area contributed by atoms with Crippen LogP contribution in [0.1, 0.15) is 11.3 Å². The Kier molecular flexibility index (Phi) is 3.38. The van der Waals surface area contributed by atoms with E-state index in [1.54, 1.807) is 0 Å². The summed E-state index contributed by atoms with van der Waals surface area (Å²) in [4.78, 5) is 7.03. The van der Waals surface area contributed by atoms with Gasteiger partial charge in [0.2, 0.25) is 0 Å². The summed E-state index contributed by atoms with van der Waals surface area (Å²) in [6, 6.07) is 8.68. The molecule has 2 heterocycles. The zero-order chi connectivity index (χ0) is 13.2. The SMILES string of the molecule is [CH2]Cc1cc(N2CCOCC2)cc2ccc(C)nc12. The highest BCUT2D eigenvalue weighted by Gasteiger charge is 2.13. The third-order valence-electron chi connectivity index (χ3n) is 3.64. The van der Waals surface area contributed by atoms with Crippen LogP contribution in [0.3, 0.4) is 0 Å². The first-order chi connectivity index (χ1) is 9.28. The van der Waals surface area contributed by atoms with E-state index >= 15 is 0 Å². The Bertz CT molecular complexity index is 589.